The zero-order chi connectivity index (χ0) is 22.0. The molecule has 0 bridgehead atoms. The summed E-state index contributed by atoms with van der Waals surface area (Å²) in [7, 11) is 1.47. The highest BCUT2D eigenvalue weighted by Crippen LogP contribution is 2.32. The van der Waals surface area contributed by atoms with E-state index in [2.05, 4.69) is 5.32 Å². The summed E-state index contributed by atoms with van der Waals surface area (Å²) in [4.78, 5) is 27.4. The van der Waals surface area contributed by atoms with Crippen molar-refractivity contribution in [3.63, 3.8) is 0 Å². The van der Waals surface area contributed by atoms with Gasteiger partial charge in [-0.2, -0.15) is 0 Å². The largest absolute Gasteiger partial charge is 0.496 e. The molecular weight excluding hydrogens is 420 g/mol. The summed E-state index contributed by atoms with van der Waals surface area (Å²) in [6.07, 6.45) is 0. The molecule has 0 spiro atoms. The van der Waals surface area contributed by atoms with Gasteiger partial charge in [0.1, 0.15) is 17.0 Å². The number of nitro groups is 1. The monoisotopic (exact) mass is 440 g/mol. The Labute approximate surface area is 183 Å². The number of nitro benzene ring substituents is 1. The summed E-state index contributed by atoms with van der Waals surface area (Å²) in [6, 6.07) is 13.9. The Morgan fingerprint density at radius 1 is 1.16 bits per heavy atom. The number of ether oxygens (including phenoxy) is 1. The predicted molar refractivity (Wildman–Crippen MR) is 120 cm³/mol. The van der Waals surface area contributed by atoms with Gasteiger partial charge in [0.15, 0.2) is 10.9 Å². The Kier molecular flexibility index (Phi) is 5.72. The summed E-state index contributed by atoms with van der Waals surface area (Å²) < 4.78 is 10.7. The van der Waals surface area contributed by atoms with E-state index in [1.807, 2.05) is 28.0 Å². The van der Waals surface area contributed by atoms with Crippen molar-refractivity contribution in [2.24, 2.45) is 0 Å². The first-order chi connectivity index (χ1) is 15.0. The Morgan fingerprint density at radius 2 is 1.90 bits per heavy atom. The minimum absolute atomic E-state index is 0.00596. The maximum Gasteiger partial charge on any atom is 0.296 e. The van der Waals surface area contributed by atoms with E-state index >= 15 is 0 Å². The van der Waals surface area contributed by atoms with Crippen molar-refractivity contribution in [3.8, 4) is 5.75 Å². The smallest absolute Gasteiger partial charge is 0.296 e. The summed E-state index contributed by atoms with van der Waals surface area (Å²) in [5, 5.41) is 15.3. The minimum Gasteiger partial charge on any atom is -0.496 e. The average Bonchev–Trinajstić information content (AvgIpc) is 3.23. The van der Waals surface area contributed by atoms with Crippen molar-refractivity contribution in [2.75, 3.05) is 38.2 Å². The van der Waals surface area contributed by atoms with Crippen LogP contribution in [0.15, 0.2) is 52.9 Å². The number of thiocarbonyl (C=S) groups is 1. The number of carbonyl (C=O) groups excluding carboxylic acids is 1. The average molecular weight is 440 g/mol. The van der Waals surface area contributed by atoms with Crippen molar-refractivity contribution >= 4 is 45.6 Å². The number of methoxy groups -OCH3 is 1. The van der Waals surface area contributed by atoms with Gasteiger partial charge in [-0.05, 0) is 36.5 Å². The van der Waals surface area contributed by atoms with Crippen LogP contribution in [-0.2, 0) is 0 Å². The van der Waals surface area contributed by atoms with E-state index in [4.69, 9.17) is 21.4 Å². The van der Waals surface area contributed by atoms with Gasteiger partial charge >= 0.3 is 0 Å². The van der Waals surface area contributed by atoms with Crippen molar-refractivity contribution in [1.82, 2.24) is 10.2 Å². The van der Waals surface area contributed by atoms with Crippen LogP contribution < -0.4 is 15.0 Å². The van der Waals surface area contributed by atoms with E-state index in [9.17, 15) is 14.9 Å². The third-order valence-corrected chi connectivity index (χ3v) is 5.52. The number of fused-ring (bicyclic) bond motifs is 1. The van der Waals surface area contributed by atoms with Gasteiger partial charge in [0.25, 0.3) is 11.6 Å². The number of amides is 1. The third kappa shape index (κ3) is 4.29. The highest BCUT2D eigenvalue weighted by molar-refractivity contribution is 7.80. The Morgan fingerprint density at radius 3 is 2.58 bits per heavy atom. The second-order valence-corrected chi connectivity index (χ2v) is 7.38. The standard InChI is InChI=1S/C21H20N4O5S/c1-29-15-6-7-16(17(13-15)25(27)28)23-8-10-24(11-9-23)21(31)22-20(26)19-12-14-4-2-3-5-18(14)30-19/h2-7,12-13H,8-11H2,1H3,(H,22,26,31). The molecule has 0 radical (unpaired) electrons. The molecule has 1 aliphatic heterocycles. The number of furan rings is 1. The highest BCUT2D eigenvalue weighted by atomic mass is 32.1. The van der Waals surface area contributed by atoms with E-state index in [1.165, 1.54) is 13.2 Å². The highest BCUT2D eigenvalue weighted by Gasteiger charge is 2.26. The van der Waals surface area contributed by atoms with Gasteiger partial charge in [0, 0.05) is 31.6 Å². The summed E-state index contributed by atoms with van der Waals surface area (Å²) in [5.41, 5.74) is 1.16. The Hall–Kier alpha value is -3.66. The molecule has 0 saturated carbocycles. The first kappa shape index (κ1) is 20.6. The first-order valence-electron chi connectivity index (χ1n) is 9.62. The maximum absolute atomic E-state index is 12.5. The zero-order valence-corrected chi connectivity index (χ0v) is 17.6. The summed E-state index contributed by atoms with van der Waals surface area (Å²) in [6.45, 7) is 2.08. The fourth-order valence-corrected chi connectivity index (χ4v) is 3.80. The van der Waals surface area contributed by atoms with Crippen LogP contribution in [0.2, 0.25) is 0 Å². The molecule has 9 nitrogen and oxygen atoms in total. The molecule has 1 aliphatic rings. The van der Waals surface area contributed by atoms with Gasteiger partial charge in [-0.3, -0.25) is 20.2 Å². The maximum atomic E-state index is 12.5. The SMILES string of the molecule is COc1ccc(N2CCN(C(=S)NC(=O)c3cc4ccccc4o3)CC2)c([N+](=O)[O-])c1. The normalized spacial score (nSPS) is 13.8. The molecule has 0 atom stereocenters. The molecule has 2 heterocycles. The molecule has 4 rings (SSSR count). The molecule has 1 fully saturated rings. The fraction of sp³-hybridized carbons (Fsp3) is 0.238. The molecule has 1 saturated heterocycles. The molecule has 160 valence electrons. The van der Waals surface area contributed by atoms with Gasteiger partial charge < -0.3 is 19.0 Å². The van der Waals surface area contributed by atoms with Gasteiger partial charge in [0.2, 0.25) is 0 Å². The van der Waals surface area contributed by atoms with E-state index in [0.29, 0.717) is 48.3 Å². The quantitative estimate of drug-likeness (QED) is 0.375. The van der Waals surface area contributed by atoms with Gasteiger partial charge in [-0.25, -0.2) is 0 Å². The van der Waals surface area contributed by atoms with Crippen molar-refractivity contribution in [2.45, 2.75) is 0 Å². The lowest BCUT2D eigenvalue weighted by atomic mass is 10.2. The topological polar surface area (TPSA) is 101 Å². The molecule has 10 heteroatoms. The van der Waals surface area contributed by atoms with Crippen LogP contribution in [0.5, 0.6) is 5.75 Å². The molecular formula is C21H20N4O5S. The number of anilines is 1. The van der Waals surface area contributed by atoms with Gasteiger partial charge in [-0.1, -0.05) is 18.2 Å². The van der Waals surface area contributed by atoms with E-state index in [0.717, 1.165) is 5.39 Å². The third-order valence-electron chi connectivity index (χ3n) is 5.16. The van der Waals surface area contributed by atoms with Crippen LogP contribution in [0.25, 0.3) is 11.0 Å². The van der Waals surface area contributed by atoms with Gasteiger partial charge in [-0.15, -0.1) is 0 Å². The van der Waals surface area contributed by atoms with E-state index in [-0.39, 0.29) is 11.4 Å². The second-order valence-electron chi connectivity index (χ2n) is 6.99. The van der Waals surface area contributed by atoms with Crippen LogP contribution in [0.4, 0.5) is 11.4 Å². The molecule has 1 aromatic heterocycles. The lowest BCUT2D eigenvalue weighted by Gasteiger charge is -2.36. The summed E-state index contributed by atoms with van der Waals surface area (Å²) in [5.74, 6) is 0.217. The number of piperazine rings is 1. The Balaban J connectivity index is 1.39. The van der Waals surface area contributed by atoms with Crippen molar-refractivity contribution in [1.29, 1.82) is 0 Å². The predicted octanol–water partition coefficient (Wildman–Crippen LogP) is 3.19. The molecule has 0 unspecified atom stereocenters. The van der Waals surface area contributed by atoms with Gasteiger partial charge in [0.05, 0.1) is 18.1 Å². The molecule has 2 aromatic carbocycles. The van der Waals surface area contributed by atoms with Crippen molar-refractivity contribution < 1.29 is 18.9 Å². The molecule has 0 aliphatic carbocycles. The van der Waals surface area contributed by atoms with Crippen LogP contribution in [0.1, 0.15) is 10.6 Å². The lowest BCUT2D eigenvalue weighted by molar-refractivity contribution is -0.384. The number of benzene rings is 2. The van der Waals surface area contributed by atoms with E-state index < -0.39 is 10.8 Å². The number of nitrogens with zero attached hydrogens (tertiary/aromatic N) is 3. The lowest BCUT2D eigenvalue weighted by Crippen LogP contribution is -2.52. The van der Waals surface area contributed by atoms with Crippen LogP contribution >= 0.6 is 12.2 Å². The Bertz CT molecular complexity index is 1120. The van der Waals surface area contributed by atoms with Crippen LogP contribution in [0.3, 0.4) is 0 Å². The number of hydrogen-bond donors (Lipinski definition) is 1. The van der Waals surface area contributed by atoms with Crippen LogP contribution in [-0.4, -0.2) is 54.1 Å². The molecule has 1 amide bonds. The van der Waals surface area contributed by atoms with Crippen LogP contribution in [0, 0.1) is 10.1 Å². The number of para-hydroxylation sites is 1. The molecule has 3 aromatic rings. The first-order valence-corrected chi connectivity index (χ1v) is 10.0. The van der Waals surface area contributed by atoms with Crippen molar-refractivity contribution in [3.05, 3.63) is 64.4 Å². The number of hydrogen-bond acceptors (Lipinski definition) is 7. The molecule has 1 N–H and O–H groups in total. The second kappa shape index (κ2) is 8.60. The number of carbonyl (C=O) groups is 1. The minimum atomic E-state index is -0.414. The van der Waals surface area contributed by atoms with E-state index in [1.54, 1.807) is 24.3 Å². The molecule has 31 heavy (non-hydrogen) atoms. The zero-order valence-electron chi connectivity index (χ0n) is 16.7. The number of nitrogens with one attached hydrogen (secondary N) is 1. The fourth-order valence-electron chi connectivity index (χ4n) is 3.53. The summed E-state index contributed by atoms with van der Waals surface area (Å²) >= 11 is 5.40. The number of rotatable bonds is 4.